The van der Waals surface area contributed by atoms with Gasteiger partial charge >= 0.3 is 0 Å². The predicted molar refractivity (Wildman–Crippen MR) is 126 cm³/mol. The van der Waals surface area contributed by atoms with E-state index in [1.807, 2.05) is 76.6 Å². The summed E-state index contributed by atoms with van der Waals surface area (Å²) in [6, 6.07) is 23.0. The van der Waals surface area contributed by atoms with Crippen molar-refractivity contribution in [2.24, 2.45) is 0 Å². The molecule has 4 nitrogen and oxygen atoms in total. The first-order chi connectivity index (χ1) is 14.6. The first-order valence-corrected chi connectivity index (χ1v) is 11.0. The number of nitrogen functional groups attached to an aromatic ring is 1. The number of thiazole rings is 1. The molecule has 146 valence electrons. The van der Waals surface area contributed by atoms with Crippen molar-refractivity contribution in [3.05, 3.63) is 100 Å². The van der Waals surface area contributed by atoms with Crippen LogP contribution in [-0.2, 0) is 0 Å². The Balaban J connectivity index is 1.67. The van der Waals surface area contributed by atoms with Gasteiger partial charge in [-0.1, -0.05) is 64.5 Å². The molecule has 0 unspecified atom stereocenters. The molecule has 6 heteroatoms. The van der Waals surface area contributed by atoms with E-state index in [9.17, 15) is 4.79 Å². The van der Waals surface area contributed by atoms with Crippen molar-refractivity contribution in [2.45, 2.75) is 0 Å². The SMILES string of the molecule is Nc1c(-c2nc(-c3ccc(Br)cc3)cs2)c2ccccn2c1C(=O)c1ccccc1. The number of hydrogen-bond acceptors (Lipinski definition) is 4. The van der Waals surface area contributed by atoms with Crippen molar-refractivity contribution in [3.63, 3.8) is 0 Å². The molecule has 0 saturated carbocycles. The van der Waals surface area contributed by atoms with Gasteiger partial charge in [-0.15, -0.1) is 11.3 Å². The molecule has 0 bridgehead atoms. The molecule has 2 aromatic carbocycles. The Morgan fingerprint density at radius 1 is 0.967 bits per heavy atom. The molecule has 0 amide bonds. The molecular weight excluding hydrogens is 458 g/mol. The van der Waals surface area contributed by atoms with Crippen LogP contribution in [0.25, 0.3) is 27.3 Å². The van der Waals surface area contributed by atoms with E-state index in [-0.39, 0.29) is 5.78 Å². The van der Waals surface area contributed by atoms with Gasteiger partial charge in [0, 0.05) is 27.2 Å². The second-order valence-electron chi connectivity index (χ2n) is 6.83. The minimum absolute atomic E-state index is 0.106. The Bertz CT molecular complexity index is 1370. The molecule has 0 fully saturated rings. The zero-order valence-electron chi connectivity index (χ0n) is 15.7. The minimum atomic E-state index is -0.106. The fourth-order valence-corrected chi connectivity index (χ4v) is 4.71. The summed E-state index contributed by atoms with van der Waals surface area (Å²) in [4.78, 5) is 18.1. The van der Waals surface area contributed by atoms with E-state index < -0.39 is 0 Å². The Morgan fingerprint density at radius 3 is 2.47 bits per heavy atom. The number of fused-ring (bicyclic) bond motifs is 1. The third-order valence-corrected chi connectivity index (χ3v) is 6.38. The highest BCUT2D eigenvalue weighted by Crippen LogP contribution is 2.39. The monoisotopic (exact) mass is 473 g/mol. The molecule has 3 aromatic heterocycles. The highest BCUT2D eigenvalue weighted by Gasteiger charge is 2.24. The summed E-state index contributed by atoms with van der Waals surface area (Å²) in [6.07, 6.45) is 1.87. The molecule has 30 heavy (non-hydrogen) atoms. The molecule has 0 spiro atoms. The molecular formula is C24H16BrN3OS. The normalized spacial score (nSPS) is 11.1. The topological polar surface area (TPSA) is 60.4 Å². The van der Waals surface area contributed by atoms with Gasteiger partial charge in [-0.3, -0.25) is 4.79 Å². The highest BCUT2D eigenvalue weighted by molar-refractivity contribution is 9.10. The zero-order valence-corrected chi connectivity index (χ0v) is 18.2. The number of aromatic nitrogens is 2. The van der Waals surface area contributed by atoms with Crippen LogP contribution in [0.5, 0.6) is 0 Å². The number of carbonyl (C=O) groups is 1. The van der Waals surface area contributed by atoms with Crippen molar-refractivity contribution >= 4 is 44.3 Å². The third kappa shape index (κ3) is 3.14. The minimum Gasteiger partial charge on any atom is -0.396 e. The molecule has 3 heterocycles. The lowest BCUT2D eigenvalue weighted by Gasteiger charge is -2.03. The van der Waals surface area contributed by atoms with E-state index in [1.165, 1.54) is 11.3 Å². The molecule has 0 aliphatic carbocycles. The number of halogens is 1. The van der Waals surface area contributed by atoms with Gasteiger partial charge in [0.2, 0.25) is 5.78 Å². The Labute approximate surface area is 185 Å². The fourth-order valence-electron chi connectivity index (χ4n) is 3.55. The van der Waals surface area contributed by atoms with Crippen LogP contribution in [0.15, 0.2) is 88.8 Å². The third-order valence-electron chi connectivity index (χ3n) is 4.99. The van der Waals surface area contributed by atoms with Gasteiger partial charge in [0.1, 0.15) is 10.7 Å². The quantitative estimate of drug-likeness (QED) is 0.311. The number of ketones is 1. The number of hydrogen-bond donors (Lipinski definition) is 1. The lowest BCUT2D eigenvalue weighted by Crippen LogP contribution is -2.07. The zero-order chi connectivity index (χ0) is 20.7. The number of nitrogens with two attached hydrogens (primary N) is 1. The van der Waals surface area contributed by atoms with E-state index in [0.717, 1.165) is 31.8 Å². The maximum absolute atomic E-state index is 13.3. The molecule has 0 aliphatic heterocycles. The van der Waals surface area contributed by atoms with Gasteiger partial charge in [-0.25, -0.2) is 4.98 Å². The van der Waals surface area contributed by atoms with E-state index in [4.69, 9.17) is 10.7 Å². The van der Waals surface area contributed by atoms with Crippen molar-refractivity contribution in [1.29, 1.82) is 0 Å². The summed E-state index contributed by atoms with van der Waals surface area (Å²) < 4.78 is 2.88. The first kappa shape index (κ1) is 18.8. The summed E-state index contributed by atoms with van der Waals surface area (Å²) in [5, 5.41) is 2.81. The van der Waals surface area contributed by atoms with Crippen LogP contribution in [0.1, 0.15) is 16.1 Å². The Kier molecular flexibility index (Phi) is 4.73. The molecule has 0 radical (unpaired) electrons. The van der Waals surface area contributed by atoms with Gasteiger partial charge in [0.05, 0.1) is 22.5 Å². The average Bonchev–Trinajstić information content (AvgIpc) is 3.36. The van der Waals surface area contributed by atoms with Gasteiger partial charge < -0.3 is 10.1 Å². The molecule has 0 atom stereocenters. The van der Waals surface area contributed by atoms with E-state index in [2.05, 4.69) is 15.9 Å². The summed E-state index contributed by atoms with van der Waals surface area (Å²) >= 11 is 4.99. The Hall–Kier alpha value is -3.22. The molecule has 0 saturated heterocycles. The van der Waals surface area contributed by atoms with E-state index in [0.29, 0.717) is 16.9 Å². The summed E-state index contributed by atoms with van der Waals surface area (Å²) in [6.45, 7) is 0. The lowest BCUT2D eigenvalue weighted by molar-refractivity contribution is 0.103. The maximum Gasteiger partial charge on any atom is 0.211 e. The van der Waals surface area contributed by atoms with Crippen molar-refractivity contribution in [3.8, 4) is 21.8 Å². The molecule has 0 aliphatic rings. The predicted octanol–water partition coefficient (Wildman–Crippen LogP) is 6.31. The van der Waals surface area contributed by atoms with Crippen LogP contribution in [0.4, 0.5) is 5.69 Å². The van der Waals surface area contributed by atoms with Crippen molar-refractivity contribution in [2.75, 3.05) is 5.73 Å². The number of pyridine rings is 1. The first-order valence-electron chi connectivity index (χ1n) is 9.33. The van der Waals surface area contributed by atoms with Crippen LogP contribution < -0.4 is 5.73 Å². The van der Waals surface area contributed by atoms with Crippen molar-refractivity contribution < 1.29 is 4.79 Å². The number of nitrogens with zero attached hydrogens (tertiary/aromatic N) is 2. The molecule has 2 N–H and O–H groups in total. The molecule has 5 aromatic rings. The lowest BCUT2D eigenvalue weighted by atomic mass is 10.1. The van der Waals surface area contributed by atoms with E-state index >= 15 is 0 Å². The second-order valence-corrected chi connectivity index (χ2v) is 8.61. The van der Waals surface area contributed by atoms with Crippen LogP contribution in [0, 0.1) is 0 Å². The van der Waals surface area contributed by atoms with Gasteiger partial charge in [-0.2, -0.15) is 0 Å². The van der Waals surface area contributed by atoms with Crippen LogP contribution >= 0.6 is 27.3 Å². The summed E-state index contributed by atoms with van der Waals surface area (Å²) in [7, 11) is 0. The van der Waals surface area contributed by atoms with Crippen LogP contribution in [-0.4, -0.2) is 15.2 Å². The number of benzene rings is 2. The number of anilines is 1. The van der Waals surface area contributed by atoms with Gasteiger partial charge in [0.15, 0.2) is 0 Å². The maximum atomic E-state index is 13.3. The molecule has 5 rings (SSSR count). The second kappa shape index (κ2) is 7.55. The van der Waals surface area contributed by atoms with Crippen LogP contribution in [0.2, 0.25) is 0 Å². The number of carbonyl (C=O) groups excluding carboxylic acids is 1. The number of rotatable bonds is 4. The Morgan fingerprint density at radius 2 is 1.70 bits per heavy atom. The summed E-state index contributed by atoms with van der Waals surface area (Å²) in [5.41, 5.74) is 11.7. The standard InChI is InChI=1S/C24H16BrN3OS/c25-17-11-9-15(10-12-17)18-14-30-24(27-18)20-19-8-4-5-13-28(19)22(21(20)26)23(29)16-6-2-1-3-7-16/h1-14H,26H2. The van der Waals surface area contributed by atoms with Crippen molar-refractivity contribution in [1.82, 2.24) is 9.38 Å². The summed E-state index contributed by atoms with van der Waals surface area (Å²) in [5.74, 6) is -0.106. The van der Waals surface area contributed by atoms with Gasteiger partial charge in [0.25, 0.3) is 0 Å². The van der Waals surface area contributed by atoms with Crippen LogP contribution in [0.3, 0.4) is 0 Å². The largest absolute Gasteiger partial charge is 0.396 e. The van der Waals surface area contributed by atoms with E-state index in [1.54, 1.807) is 12.1 Å². The average molecular weight is 474 g/mol. The highest BCUT2D eigenvalue weighted by atomic mass is 79.9. The fraction of sp³-hybridized carbons (Fsp3) is 0. The smallest absolute Gasteiger partial charge is 0.211 e. The van der Waals surface area contributed by atoms with Gasteiger partial charge in [-0.05, 0) is 24.3 Å².